The molecule has 2 fully saturated rings. The van der Waals surface area contributed by atoms with Crippen molar-refractivity contribution in [2.75, 3.05) is 0 Å². The van der Waals surface area contributed by atoms with Crippen LogP contribution in [0.15, 0.2) is 0 Å². The zero-order valence-electron chi connectivity index (χ0n) is 6.72. The second kappa shape index (κ2) is 2.23. The van der Waals surface area contributed by atoms with Crippen LogP contribution in [0.4, 0.5) is 0 Å². The maximum Gasteiger partial charge on any atom is 0.00440 e. The van der Waals surface area contributed by atoms with E-state index in [0.717, 1.165) is 17.8 Å². The summed E-state index contributed by atoms with van der Waals surface area (Å²) in [6.45, 7) is 2.18. The van der Waals surface area contributed by atoms with Crippen LogP contribution in [0.2, 0.25) is 0 Å². The van der Waals surface area contributed by atoms with E-state index in [0.29, 0.717) is 6.04 Å². The maximum absolute atomic E-state index is 5.92. The van der Waals surface area contributed by atoms with E-state index in [4.69, 9.17) is 5.73 Å². The lowest BCUT2D eigenvalue weighted by molar-refractivity contribution is 0.346. The Kier molecular flexibility index (Phi) is 1.48. The molecule has 0 amide bonds. The second-order valence-corrected chi connectivity index (χ2v) is 4.11. The minimum atomic E-state index is 0.458. The highest BCUT2D eigenvalue weighted by Gasteiger charge is 2.42. The van der Waals surface area contributed by atoms with Gasteiger partial charge in [0.1, 0.15) is 0 Å². The molecule has 0 aromatic heterocycles. The molecule has 0 aromatic rings. The van der Waals surface area contributed by atoms with Crippen molar-refractivity contribution in [3.8, 4) is 0 Å². The number of fused-ring (bicyclic) bond motifs is 2. The minimum Gasteiger partial charge on any atom is -0.328 e. The van der Waals surface area contributed by atoms with Crippen LogP contribution in [-0.2, 0) is 0 Å². The first-order valence-electron chi connectivity index (χ1n) is 4.54. The minimum absolute atomic E-state index is 0.458. The molecule has 0 aromatic carbocycles. The summed E-state index contributed by atoms with van der Waals surface area (Å²) < 4.78 is 0. The monoisotopic (exact) mass is 139 g/mol. The van der Waals surface area contributed by atoms with Crippen LogP contribution in [0.1, 0.15) is 32.6 Å². The molecule has 0 radical (unpaired) electrons. The predicted octanol–water partition coefficient (Wildman–Crippen LogP) is 1.77. The van der Waals surface area contributed by atoms with Crippen molar-refractivity contribution in [2.24, 2.45) is 23.5 Å². The molecule has 2 saturated carbocycles. The first-order chi connectivity index (χ1) is 4.79. The van der Waals surface area contributed by atoms with Gasteiger partial charge in [-0.05, 0) is 50.4 Å². The van der Waals surface area contributed by atoms with Gasteiger partial charge in [-0.1, -0.05) is 0 Å². The van der Waals surface area contributed by atoms with Gasteiger partial charge in [0.2, 0.25) is 0 Å². The third kappa shape index (κ3) is 0.800. The summed E-state index contributed by atoms with van der Waals surface area (Å²) in [5, 5.41) is 0. The molecule has 2 aliphatic carbocycles. The fourth-order valence-corrected chi connectivity index (χ4v) is 3.16. The molecule has 0 aliphatic heterocycles. The standard InChI is InChI=1S/C9H17N/c1-6(10)9-7-2-3-8(9)5-4-7/h6-9H,2-5,10H2,1H3. The van der Waals surface area contributed by atoms with Gasteiger partial charge < -0.3 is 5.73 Å². The van der Waals surface area contributed by atoms with Gasteiger partial charge in [0, 0.05) is 6.04 Å². The van der Waals surface area contributed by atoms with Gasteiger partial charge in [-0.15, -0.1) is 0 Å². The summed E-state index contributed by atoms with van der Waals surface area (Å²) in [7, 11) is 0. The Labute approximate surface area is 63.0 Å². The van der Waals surface area contributed by atoms with Crippen molar-refractivity contribution in [2.45, 2.75) is 38.6 Å². The summed E-state index contributed by atoms with van der Waals surface area (Å²) in [6, 6.07) is 0.458. The Morgan fingerprint density at radius 1 is 1.10 bits per heavy atom. The smallest absolute Gasteiger partial charge is 0.00440 e. The van der Waals surface area contributed by atoms with Crippen LogP contribution in [0.5, 0.6) is 0 Å². The van der Waals surface area contributed by atoms with Gasteiger partial charge in [0.15, 0.2) is 0 Å². The third-order valence-electron chi connectivity index (χ3n) is 3.51. The summed E-state index contributed by atoms with van der Waals surface area (Å²) in [5.41, 5.74) is 5.92. The molecule has 1 nitrogen and oxygen atoms in total. The molecule has 2 bridgehead atoms. The van der Waals surface area contributed by atoms with Crippen molar-refractivity contribution in [1.82, 2.24) is 0 Å². The molecule has 1 unspecified atom stereocenters. The quantitative estimate of drug-likeness (QED) is 0.588. The van der Waals surface area contributed by atoms with Crippen molar-refractivity contribution in [1.29, 1.82) is 0 Å². The molecule has 10 heavy (non-hydrogen) atoms. The van der Waals surface area contributed by atoms with Gasteiger partial charge in [-0.2, -0.15) is 0 Å². The lowest BCUT2D eigenvalue weighted by Crippen LogP contribution is -2.29. The molecule has 1 atom stereocenters. The van der Waals surface area contributed by atoms with Gasteiger partial charge in [-0.25, -0.2) is 0 Å². The maximum atomic E-state index is 5.92. The van der Waals surface area contributed by atoms with Crippen molar-refractivity contribution in [3.63, 3.8) is 0 Å². The molecule has 2 N–H and O–H groups in total. The normalized spacial score (nSPS) is 48.0. The number of hydrogen-bond acceptors (Lipinski definition) is 1. The molecule has 0 saturated heterocycles. The summed E-state index contributed by atoms with van der Waals surface area (Å²) in [6.07, 6.45) is 5.88. The first-order valence-corrected chi connectivity index (χ1v) is 4.54. The highest BCUT2D eigenvalue weighted by molar-refractivity contribution is 4.94. The number of nitrogens with two attached hydrogens (primary N) is 1. The van der Waals surface area contributed by atoms with Gasteiger partial charge in [0.05, 0.1) is 0 Å². The van der Waals surface area contributed by atoms with Crippen LogP contribution in [0.25, 0.3) is 0 Å². The van der Waals surface area contributed by atoms with Gasteiger partial charge in [-0.3, -0.25) is 0 Å². The van der Waals surface area contributed by atoms with E-state index in [1.165, 1.54) is 25.7 Å². The van der Waals surface area contributed by atoms with E-state index in [-0.39, 0.29) is 0 Å². The fraction of sp³-hybridized carbons (Fsp3) is 1.00. The van der Waals surface area contributed by atoms with Crippen LogP contribution >= 0.6 is 0 Å². The molecule has 2 aliphatic rings. The molecule has 0 heterocycles. The SMILES string of the molecule is CC(N)C1C2CCC1CC2. The van der Waals surface area contributed by atoms with Crippen LogP contribution < -0.4 is 5.73 Å². The molecular weight excluding hydrogens is 122 g/mol. The topological polar surface area (TPSA) is 26.0 Å². The molecule has 1 heteroatoms. The lowest BCUT2D eigenvalue weighted by Gasteiger charge is -2.19. The Bertz CT molecular complexity index is 111. The van der Waals surface area contributed by atoms with E-state index < -0.39 is 0 Å². The zero-order chi connectivity index (χ0) is 7.14. The third-order valence-corrected chi connectivity index (χ3v) is 3.51. The van der Waals surface area contributed by atoms with E-state index in [1.54, 1.807) is 0 Å². The average Bonchev–Trinajstić information content (AvgIpc) is 2.43. The molecule has 58 valence electrons. The highest BCUT2D eigenvalue weighted by Crippen LogP contribution is 2.50. The molecular formula is C9H17N. The lowest BCUT2D eigenvalue weighted by atomic mass is 9.91. The van der Waals surface area contributed by atoms with E-state index in [2.05, 4.69) is 6.92 Å². The van der Waals surface area contributed by atoms with E-state index in [1.807, 2.05) is 0 Å². The predicted molar refractivity (Wildman–Crippen MR) is 42.6 cm³/mol. The number of rotatable bonds is 1. The average molecular weight is 139 g/mol. The Morgan fingerprint density at radius 2 is 1.50 bits per heavy atom. The van der Waals surface area contributed by atoms with Crippen LogP contribution in [0, 0.1) is 17.8 Å². The van der Waals surface area contributed by atoms with E-state index in [9.17, 15) is 0 Å². The molecule has 0 spiro atoms. The Hall–Kier alpha value is -0.0400. The van der Waals surface area contributed by atoms with Gasteiger partial charge in [0.25, 0.3) is 0 Å². The summed E-state index contributed by atoms with van der Waals surface area (Å²) in [5.74, 6) is 2.90. The summed E-state index contributed by atoms with van der Waals surface area (Å²) in [4.78, 5) is 0. The van der Waals surface area contributed by atoms with Crippen molar-refractivity contribution >= 4 is 0 Å². The Balaban J connectivity index is 2.09. The Morgan fingerprint density at radius 3 is 1.70 bits per heavy atom. The van der Waals surface area contributed by atoms with Gasteiger partial charge >= 0.3 is 0 Å². The fourth-order valence-electron chi connectivity index (χ4n) is 3.16. The number of hydrogen-bond donors (Lipinski definition) is 1. The summed E-state index contributed by atoms with van der Waals surface area (Å²) >= 11 is 0. The van der Waals surface area contributed by atoms with Crippen molar-refractivity contribution in [3.05, 3.63) is 0 Å². The van der Waals surface area contributed by atoms with Crippen LogP contribution in [0.3, 0.4) is 0 Å². The van der Waals surface area contributed by atoms with E-state index >= 15 is 0 Å². The van der Waals surface area contributed by atoms with Crippen molar-refractivity contribution < 1.29 is 0 Å². The van der Waals surface area contributed by atoms with Crippen LogP contribution in [-0.4, -0.2) is 6.04 Å². The first kappa shape index (κ1) is 6.66. The molecule has 2 rings (SSSR count). The zero-order valence-corrected chi connectivity index (χ0v) is 6.72. The second-order valence-electron chi connectivity index (χ2n) is 4.11. The largest absolute Gasteiger partial charge is 0.328 e. The highest BCUT2D eigenvalue weighted by atomic mass is 14.7.